The van der Waals surface area contributed by atoms with Crippen LogP contribution in [0.5, 0.6) is 0 Å². The summed E-state index contributed by atoms with van der Waals surface area (Å²) in [5, 5.41) is 5.12. The Hall–Kier alpha value is -1.98. The molecule has 33 heavy (non-hydrogen) atoms. The van der Waals surface area contributed by atoms with Gasteiger partial charge in [-0.25, -0.2) is 8.42 Å². The molecule has 0 saturated carbocycles. The number of carbonyl (C=O) groups is 1. The van der Waals surface area contributed by atoms with Crippen LogP contribution in [-0.4, -0.2) is 76.0 Å². The number of fused-ring (bicyclic) bond motifs is 1. The molecule has 8 nitrogen and oxygen atoms in total. The summed E-state index contributed by atoms with van der Waals surface area (Å²) >= 11 is 1.77. The van der Waals surface area contributed by atoms with Crippen LogP contribution in [0.25, 0.3) is 0 Å². The van der Waals surface area contributed by atoms with E-state index in [0.717, 1.165) is 38.3 Å². The van der Waals surface area contributed by atoms with E-state index in [1.807, 2.05) is 13.8 Å². The molecule has 0 radical (unpaired) electrons. The number of carbonyl (C=O) groups excluding carboxylic acids is 1. The van der Waals surface area contributed by atoms with Gasteiger partial charge in [0.05, 0.1) is 36.0 Å². The number of hydrogen-bond donors (Lipinski definition) is 1. The molecule has 1 saturated heterocycles. The standard InChI is InChI=1S/C23H32N4O4S2/c1-3-26(4-2)21-6-5-19(33(29,30)27-10-12-31-13-11-27)15-20(21)24-23(28)17-25-9-7-22-18(16-25)8-14-32-22/h5-6,8,14-15H,3-4,7,9-13,16-17H2,1-2H3,(H,24,28). The van der Waals surface area contributed by atoms with Crippen LogP contribution < -0.4 is 10.2 Å². The predicted octanol–water partition coefficient (Wildman–Crippen LogP) is 2.61. The molecule has 0 aliphatic carbocycles. The molecule has 0 spiro atoms. The van der Waals surface area contributed by atoms with Gasteiger partial charge in [-0.15, -0.1) is 11.3 Å². The minimum absolute atomic E-state index is 0.136. The highest BCUT2D eigenvalue weighted by molar-refractivity contribution is 7.89. The molecule has 0 unspecified atom stereocenters. The van der Waals surface area contributed by atoms with Crippen LogP contribution in [0, 0.1) is 0 Å². The van der Waals surface area contributed by atoms with Gasteiger partial charge in [0, 0.05) is 44.1 Å². The molecule has 1 aromatic heterocycles. The third-order valence-electron chi connectivity index (χ3n) is 6.21. The van der Waals surface area contributed by atoms with E-state index in [1.165, 1.54) is 14.7 Å². The van der Waals surface area contributed by atoms with E-state index in [9.17, 15) is 13.2 Å². The third-order valence-corrected chi connectivity index (χ3v) is 9.13. The Kier molecular flexibility index (Phi) is 7.70. The van der Waals surface area contributed by atoms with E-state index in [0.29, 0.717) is 32.0 Å². The Labute approximate surface area is 200 Å². The zero-order chi connectivity index (χ0) is 23.4. The van der Waals surface area contributed by atoms with Gasteiger partial charge in [0.2, 0.25) is 15.9 Å². The summed E-state index contributed by atoms with van der Waals surface area (Å²) in [6.45, 7) is 8.92. The highest BCUT2D eigenvalue weighted by Gasteiger charge is 2.28. The molecule has 0 bridgehead atoms. The van der Waals surface area contributed by atoms with Crippen LogP contribution in [0.4, 0.5) is 11.4 Å². The molecule has 2 aliphatic rings. The van der Waals surface area contributed by atoms with Gasteiger partial charge >= 0.3 is 0 Å². The van der Waals surface area contributed by atoms with E-state index in [-0.39, 0.29) is 17.3 Å². The lowest BCUT2D eigenvalue weighted by atomic mass is 10.1. The minimum atomic E-state index is -3.66. The van der Waals surface area contributed by atoms with Crippen molar-refractivity contribution in [3.63, 3.8) is 0 Å². The maximum Gasteiger partial charge on any atom is 0.243 e. The molecule has 0 atom stereocenters. The van der Waals surface area contributed by atoms with Crippen LogP contribution in [0.2, 0.25) is 0 Å². The summed E-state index contributed by atoms with van der Waals surface area (Å²) < 4.78 is 33.1. The lowest BCUT2D eigenvalue weighted by Gasteiger charge is -2.29. The van der Waals surface area contributed by atoms with Gasteiger partial charge in [-0.1, -0.05) is 0 Å². The topological polar surface area (TPSA) is 82.2 Å². The monoisotopic (exact) mass is 492 g/mol. The number of hydrogen-bond acceptors (Lipinski definition) is 7. The lowest BCUT2D eigenvalue weighted by Crippen LogP contribution is -2.40. The molecule has 1 N–H and O–H groups in total. The first-order chi connectivity index (χ1) is 15.9. The zero-order valence-electron chi connectivity index (χ0n) is 19.2. The number of anilines is 2. The number of benzene rings is 1. The average molecular weight is 493 g/mol. The van der Waals surface area contributed by atoms with Crippen LogP contribution in [0.3, 0.4) is 0 Å². The summed E-state index contributed by atoms with van der Waals surface area (Å²) in [6, 6.07) is 7.16. The Bertz CT molecular complexity index is 1080. The van der Waals surface area contributed by atoms with E-state index >= 15 is 0 Å². The number of nitrogens with one attached hydrogen (secondary N) is 1. The van der Waals surface area contributed by atoms with Gasteiger partial charge in [0.25, 0.3) is 0 Å². The predicted molar refractivity (Wildman–Crippen MR) is 132 cm³/mol. The van der Waals surface area contributed by atoms with Crippen molar-refractivity contribution in [3.8, 4) is 0 Å². The maximum atomic E-state index is 13.2. The molecule has 1 fully saturated rings. The number of ether oxygens (including phenoxy) is 1. The smallest absolute Gasteiger partial charge is 0.243 e. The average Bonchev–Trinajstić information content (AvgIpc) is 3.29. The van der Waals surface area contributed by atoms with Gasteiger partial charge in [-0.3, -0.25) is 9.69 Å². The van der Waals surface area contributed by atoms with Crippen LogP contribution >= 0.6 is 11.3 Å². The second-order valence-corrected chi connectivity index (χ2v) is 11.2. The Morgan fingerprint density at radius 1 is 1.15 bits per heavy atom. The fraction of sp³-hybridized carbons (Fsp3) is 0.522. The number of thiophene rings is 1. The number of rotatable bonds is 8. The minimum Gasteiger partial charge on any atom is -0.379 e. The van der Waals surface area contributed by atoms with E-state index < -0.39 is 10.0 Å². The summed E-state index contributed by atoms with van der Waals surface area (Å²) in [5.41, 5.74) is 2.65. The van der Waals surface area contributed by atoms with Gasteiger partial charge < -0.3 is 15.0 Å². The Balaban J connectivity index is 1.55. The maximum absolute atomic E-state index is 13.2. The highest BCUT2D eigenvalue weighted by atomic mass is 32.2. The van der Waals surface area contributed by atoms with E-state index in [2.05, 4.69) is 26.6 Å². The van der Waals surface area contributed by atoms with Gasteiger partial charge in [-0.2, -0.15) is 4.31 Å². The van der Waals surface area contributed by atoms with Crippen molar-refractivity contribution < 1.29 is 17.9 Å². The number of nitrogens with zero attached hydrogens (tertiary/aromatic N) is 3. The fourth-order valence-electron chi connectivity index (χ4n) is 4.39. The molecular formula is C23H32N4O4S2. The van der Waals surface area contributed by atoms with Crippen LogP contribution in [0.1, 0.15) is 24.3 Å². The fourth-order valence-corrected chi connectivity index (χ4v) is 6.71. The first kappa shape index (κ1) is 24.2. The highest BCUT2D eigenvalue weighted by Crippen LogP contribution is 2.31. The van der Waals surface area contributed by atoms with Crippen molar-refractivity contribution in [2.45, 2.75) is 31.7 Å². The molecule has 2 aromatic rings. The van der Waals surface area contributed by atoms with Crippen molar-refractivity contribution >= 4 is 38.6 Å². The summed E-state index contributed by atoms with van der Waals surface area (Å²) in [5.74, 6) is -0.136. The molecule has 180 valence electrons. The summed E-state index contributed by atoms with van der Waals surface area (Å²) in [7, 11) is -3.66. The van der Waals surface area contributed by atoms with Crippen LogP contribution in [-0.2, 0) is 32.5 Å². The van der Waals surface area contributed by atoms with Crippen molar-refractivity contribution in [3.05, 3.63) is 40.1 Å². The quantitative estimate of drug-likeness (QED) is 0.610. The Morgan fingerprint density at radius 3 is 2.64 bits per heavy atom. The molecule has 3 heterocycles. The SMILES string of the molecule is CCN(CC)c1ccc(S(=O)(=O)N2CCOCC2)cc1NC(=O)CN1CCc2sccc2C1. The van der Waals surface area contributed by atoms with Gasteiger partial charge in [0.1, 0.15) is 0 Å². The van der Waals surface area contributed by atoms with Crippen molar-refractivity contribution in [2.75, 3.05) is 62.7 Å². The van der Waals surface area contributed by atoms with Gasteiger partial charge in [0.15, 0.2) is 0 Å². The van der Waals surface area contributed by atoms with Crippen molar-refractivity contribution in [1.29, 1.82) is 0 Å². The summed E-state index contributed by atoms with van der Waals surface area (Å²) in [4.78, 5) is 18.8. The molecule has 1 aromatic carbocycles. The van der Waals surface area contributed by atoms with Crippen molar-refractivity contribution in [1.82, 2.24) is 9.21 Å². The molecule has 4 rings (SSSR count). The first-order valence-corrected chi connectivity index (χ1v) is 13.8. The molecule has 2 aliphatic heterocycles. The second kappa shape index (κ2) is 10.5. The number of amides is 1. The zero-order valence-corrected chi connectivity index (χ0v) is 20.9. The number of morpholine rings is 1. The lowest BCUT2D eigenvalue weighted by molar-refractivity contribution is -0.117. The normalized spacial score (nSPS) is 17.5. The Morgan fingerprint density at radius 2 is 1.91 bits per heavy atom. The number of sulfonamides is 1. The molecular weight excluding hydrogens is 460 g/mol. The molecule has 10 heteroatoms. The second-order valence-electron chi connectivity index (χ2n) is 8.25. The van der Waals surface area contributed by atoms with E-state index in [1.54, 1.807) is 29.5 Å². The van der Waals surface area contributed by atoms with Crippen LogP contribution in [0.15, 0.2) is 34.5 Å². The molecule has 1 amide bonds. The summed E-state index contributed by atoms with van der Waals surface area (Å²) in [6.07, 6.45) is 0.957. The van der Waals surface area contributed by atoms with E-state index in [4.69, 9.17) is 4.74 Å². The largest absolute Gasteiger partial charge is 0.379 e. The van der Waals surface area contributed by atoms with Crippen molar-refractivity contribution in [2.24, 2.45) is 0 Å². The first-order valence-electron chi connectivity index (χ1n) is 11.5. The van der Waals surface area contributed by atoms with Gasteiger partial charge in [-0.05, 0) is 55.5 Å². The third kappa shape index (κ3) is 5.41.